The molecule has 118 valence electrons. The van der Waals surface area contributed by atoms with Gasteiger partial charge in [-0.2, -0.15) is 0 Å². The van der Waals surface area contributed by atoms with Crippen LogP contribution in [0.5, 0.6) is 0 Å². The molecule has 0 aliphatic rings. The fraction of sp³-hybridized carbons (Fsp3) is 0.250. The average Bonchev–Trinajstić information content (AvgIpc) is 2.53. The molecular formula is C20H20O3. The standard InChI is InChI=1S/C20H20O3/c1-12(2)20(23)19-10-17(14(4)22)9-18(11-19)16-7-5-15(6-8-16)13(3)21/h5-12H,1-4H3. The number of Topliss-reactive ketones (excluding diaryl/α,β-unsaturated/α-hetero) is 3. The van der Waals surface area contributed by atoms with Crippen LogP contribution in [-0.2, 0) is 0 Å². The monoisotopic (exact) mass is 308 g/mol. The molecular weight excluding hydrogens is 288 g/mol. The molecule has 0 aromatic heterocycles. The molecule has 0 saturated heterocycles. The molecule has 2 rings (SSSR count). The van der Waals surface area contributed by atoms with Gasteiger partial charge in [0.2, 0.25) is 0 Å². The fourth-order valence-corrected chi connectivity index (χ4v) is 2.37. The first-order chi connectivity index (χ1) is 10.8. The predicted octanol–water partition coefficient (Wildman–Crippen LogP) is 4.60. The maximum Gasteiger partial charge on any atom is 0.165 e. The van der Waals surface area contributed by atoms with Gasteiger partial charge < -0.3 is 0 Å². The van der Waals surface area contributed by atoms with Crippen LogP contribution in [-0.4, -0.2) is 17.3 Å². The molecule has 0 heterocycles. The first-order valence-corrected chi connectivity index (χ1v) is 7.61. The Hall–Kier alpha value is -2.55. The third-order valence-electron chi connectivity index (χ3n) is 3.77. The molecule has 23 heavy (non-hydrogen) atoms. The molecule has 3 nitrogen and oxygen atoms in total. The molecule has 0 unspecified atom stereocenters. The van der Waals surface area contributed by atoms with E-state index in [1.54, 1.807) is 30.3 Å². The number of hydrogen-bond acceptors (Lipinski definition) is 3. The number of ketones is 3. The van der Waals surface area contributed by atoms with Gasteiger partial charge in [-0.15, -0.1) is 0 Å². The number of carbonyl (C=O) groups is 3. The molecule has 2 aromatic rings. The summed E-state index contributed by atoms with van der Waals surface area (Å²) < 4.78 is 0. The lowest BCUT2D eigenvalue weighted by molar-refractivity contribution is 0.0938. The highest BCUT2D eigenvalue weighted by molar-refractivity contribution is 6.03. The van der Waals surface area contributed by atoms with Gasteiger partial charge in [0, 0.05) is 22.6 Å². The van der Waals surface area contributed by atoms with E-state index in [2.05, 4.69) is 0 Å². The van der Waals surface area contributed by atoms with Crippen molar-refractivity contribution in [2.45, 2.75) is 27.7 Å². The molecule has 0 aliphatic carbocycles. The summed E-state index contributed by atoms with van der Waals surface area (Å²) in [5.74, 6) is -0.199. The molecule has 2 aromatic carbocycles. The van der Waals surface area contributed by atoms with E-state index in [0.717, 1.165) is 11.1 Å². The molecule has 0 fully saturated rings. The Labute approximate surface area is 136 Å². The van der Waals surface area contributed by atoms with Gasteiger partial charge in [-0.05, 0) is 43.2 Å². The van der Waals surface area contributed by atoms with E-state index < -0.39 is 0 Å². The van der Waals surface area contributed by atoms with Crippen LogP contribution in [0.15, 0.2) is 42.5 Å². The van der Waals surface area contributed by atoms with E-state index in [-0.39, 0.29) is 23.3 Å². The number of benzene rings is 2. The molecule has 0 saturated carbocycles. The lowest BCUT2D eigenvalue weighted by atomic mass is 9.93. The van der Waals surface area contributed by atoms with Gasteiger partial charge in [0.25, 0.3) is 0 Å². The van der Waals surface area contributed by atoms with Crippen molar-refractivity contribution in [1.82, 2.24) is 0 Å². The Morgan fingerprint density at radius 2 is 1.22 bits per heavy atom. The summed E-state index contributed by atoms with van der Waals surface area (Å²) in [5, 5.41) is 0. The van der Waals surface area contributed by atoms with Crippen LogP contribution in [0, 0.1) is 5.92 Å². The normalized spacial score (nSPS) is 10.7. The zero-order chi connectivity index (χ0) is 17.1. The van der Waals surface area contributed by atoms with E-state index >= 15 is 0 Å². The zero-order valence-corrected chi connectivity index (χ0v) is 13.8. The minimum Gasteiger partial charge on any atom is -0.295 e. The number of rotatable bonds is 5. The second-order valence-electron chi connectivity index (χ2n) is 6.01. The largest absolute Gasteiger partial charge is 0.295 e. The smallest absolute Gasteiger partial charge is 0.165 e. The van der Waals surface area contributed by atoms with Crippen molar-refractivity contribution in [3.63, 3.8) is 0 Å². The van der Waals surface area contributed by atoms with Gasteiger partial charge >= 0.3 is 0 Å². The molecule has 0 amide bonds. The highest BCUT2D eigenvalue weighted by Crippen LogP contribution is 2.25. The van der Waals surface area contributed by atoms with Crippen LogP contribution in [0.3, 0.4) is 0 Å². The number of hydrogen-bond donors (Lipinski definition) is 0. The van der Waals surface area contributed by atoms with Crippen molar-refractivity contribution in [3.05, 3.63) is 59.2 Å². The minimum atomic E-state index is -0.134. The summed E-state index contributed by atoms with van der Waals surface area (Å²) in [6, 6.07) is 12.4. The molecule has 0 atom stereocenters. The molecule has 0 N–H and O–H groups in total. The topological polar surface area (TPSA) is 51.2 Å². The van der Waals surface area contributed by atoms with Crippen molar-refractivity contribution in [2.75, 3.05) is 0 Å². The van der Waals surface area contributed by atoms with E-state index in [1.807, 2.05) is 26.0 Å². The SMILES string of the molecule is CC(=O)c1ccc(-c2cc(C(C)=O)cc(C(=O)C(C)C)c2)cc1. The summed E-state index contributed by atoms with van der Waals surface area (Å²) in [4.78, 5) is 35.4. The van der Waals surface area contributed by atoms with Crippen molar-refractivity contribution in [3.8, 4) is 11.1 Å². The predicted molar refractivity (Wildman–Crippen MR) is 91.1 cm³/mol. The summed E-state index contributed by atoms with van der Waals surface area (Å²) in [7, 11) is 0. The van der Waals surface area contributed by atoms with Crippen LogP contribution in [0.1, 0.15) is 58.8 Å². The summed E-state index contributed by atoms with van der Waals surface area (Å²) in [6.45, 7) is 6.68. The number of carbonyl (C=O) groups excluding carboxylic acids is 3. The third kappa shape index (κ3) is 3.81. The van der Waals surface area contributed by atoms with E-state index in [9.17, 15) is 14.4 Å². The average molecular weight is 308 g/mol. The molecule has 3 heteroatoms. The maximum atomic E-state index is 12.3. The van der Waals surface area contributed by atoms with Crippen molar-refractivity contribution in [2.24, 2.45) is 5.92 Å². The summed E-state index contributed by atoms with van der Waals surface area (Å²) in [6.07, 6.45) is 0. The minimum absolute atomic E-state index is 0.00436. The van der Waals surface area contributed by atoms with Gasteiger partial charge in [0.05, 0.1) is 0 Å². The van der Waals surface area contributed by atoms with Crippen LogP contribution in [0.25, 0.3) is 11.1 Å². The van der Waals surface area contributed by atoms with Crippen LogP contribution >= 0.6 is 0 Å². The zero-order valence-electron chi connectivity index (χ0n) is 13.8. The van der Waals surface area contributed by atoms with Crippen molar-refractivity contribution >= 4 is 17.3 Å². The highest BCUT2D eigenvalue weighted by atomic mass is 16.1. The molecule has 0 aliphatic heterocycles. The van der Waals surface area contributed by atoms with Gasteiger partial charge in [0.1, 0.15) is 0 Å². The molecule has 0 radical (unpaired) electrons. The second-order valence-corrected chi connectivity index (χ2v) is 6.01. The Balaban J connectivity index is 2.54. The Kier molecular flexibility index (Phi) is 4.89. The van der Waals surface area contributed by atoms with Gasteiger partial charge in [-0.3, -0.25) is 14.4 Å². The highest BCUT2D eigenvalue weighted by Gasteiger charge is 2.14. The molecule has 0 spiro atoms. The molecule has 0 bridgehead atoms. The van der Waals surface area contributed by atoms with Crippen LogP contribution < -0.4 is 0 Å². The quantitative estimate of drug-likeness (QED) is 0.759. The Morgan fingerprint density at radius 3 is 1.70 bits per heavy atom. The maximum absolute atomic E-state index is 12.3. The summed E-state index contributed by atoms with van der Waals surface area (Å²) >= 11 is 0. The first kappa shape index (κ1) is 16.8. The summed E-state index contributed by atoms with van der Waals surface area (Å²) in [5.41, 5.74) is 3.36. The van der Waals surface area contributed by atoms with E-state index in [0.29, 0.717) is 16.7 Å². The van der Waals surface area contributed by atoms with Crippen LogP contribution in [0.2, 0.25) is 0 Å². The van der Waals surface area contributed by atoms with Crippen LogP contribution in [0.4, 0.5) is 0 Å². The van der Waals surface area contributed by atoms with Gasteiger partial charge in [-0.25, -0.2) is 0 Å². The second kappa shape index (κ2) is 6.69. The lowest BCUT2D eigenvalue weighted by Gasteiger charge is -2.10. The van der Waals surface area contributed by atoms with Gasteiger partial charge in [-0.1, -0.05) is 38.1 Å². The van der Waals surface area contributed by atoms with E-state index in [4.69, 9.17) is 0 Å². The first-order valence-electron chi connectivity index (χ1n) is 7.61. The third-order valence-corrected chi connectivity index (χ3v) is 3.77. The lowest BCUT2D eigenvalue weighted by Crippen LogP contribution is -2.09. The Bertz CT molecular complexity index is 768. The van der Waals surface area contributed by atoms with Gasteiger partial charge in [0.15, 0.2) is 17.3 Å². The fourth-order valence-electron chi connectivity index (χ4n) is 2.37. The Morgan fingerprint density at radius 1 is 0.696 bits per heavy atom. The van der Waals surface area contributed by atoms with E-state index in [1.165, 1.54) is 13.8 Å². The van der Waals surface area contributed by atoms with Crippen molar-refractivity contribution < 1.29 is 14.4 Å². The van der Waals surface area contributed by atoms with Crippen molar-refractivity contribution in [1.29, 1.82) is 0 Å².